The van der Waals surface area contributed by atoms with Crippen molar-refractivity contribution in [3.05, 3.63) is 71.4 Å². The minimum absolute atomic E-state index is 0.214. The number of aromatic nitrogens is 1. The summed E-state index contributed by atoms with van der Waals surface area (Å²) >= 11 is 1.55. The molecule has 1 N–H and O–H groups in total. The van der Waals surface area contributed by atoms with Gasteiger partial charge in [-0.25, -0.2) is 9.37 Å². The minimum atomic E-state index is -0.214. The Morgan fingerprint density at radius 1 is 1.05 bits per heavy atom. The summed E-state index contributed by atoms with van der Waals surface area (Å²) in [5.41, 5.74) is 2.96. The molecule has 2 aromatic carbocycles. The Kier molecular flexibility index (Phi) is 3.74. The van der Waals surface area contributed by atoms with Gasteiger partial charge in [-0.05, 0) is 17.7 Å². The first-order valence-electron chi connectivity index (χ1n) is 6.30. The fourth-order valence-corrected chi connectivity index (χ4v) is 2.64. The maximum absolute atomic E-state index is 13.1. The maximum Gasteiger partial charge on any atom is 0.183 e. The molecule has 20 heavy (non-hydrogen) atoms. The molecule has 1 heterocycles. The predicted molar refractivity (Wildman–Crippen MR) is 81.3 cm³/mol. The number of rotatable bonds is 4. The van der Waals surface area contributed by atoms with E-state index in [9.17, 15) is 4.39 Å². The van der Waals surface area contributed by atoms with E-state index in [0.29, 0.717) is 6.54 Å². The van der Waals surface area contributed by atoms with Crippen LogP contribution >= 0.6 is 11.3 Å². The minimum Gasteiger partial charge on any atom is -0.357 e. The molecular formula is C16H13FN2S. The Morgan fingerprint density at radius 3 is 2.70 bits per heavy atom. The van der Waals surface area contributed by atoms with E-state index in [0.717, 1.165) is 22.0 Å². The second-order valence-electron chi connectivity index (χ2n) is 4.39. The Labute approximate surface area is 120 Å². The van der Waals surface area contributed by atoms with Crippen LogP contribution in [-0.4, -0.2) is 4.98 Å². The number of halogens is 1. The molecule has 3 rings (SSSR count). The van der Waals surface area contributed by atoms with Crippen LogP contribution in [0.25, 0.3) is 11.3 Å². The van der Waals surface area contributed by atoms with Gasteiger partial charge >= 0.3 is 0 Å². The zero-order chi connectivity index (χ0) is 13.8. The first-order valence-corrected chi connectivity index (χ1v) is 7.18. The first kappa shape index (κ1) is 12.8. The highest BCUT2D eigenvalue weighted by Gasteiger charge is 2.04. The topological polar surface area (TPSA) is 24.9 Å². The van der Waals surface area contributed by atoms with E-state index in [-0.39, 0.29) is 5.82 Å². The van der Waals surface area contributed by atoms with Crippen molar-refractivity contribution in [1.29, 1.82) is 0 Å². The average molecular weight is 284 g/mol. The smallest absolute Gasteiger partial charge is 0.183 e. The summed E-state index contributed by atoms with van der Waals surface area (Å²) in [6.45, 7) is 0.569. The molecular weight excluding hydrogens is 271 g/mol. The molecule has 3 aromatic rings. The van der Waals surface area contributed by atoms with Crippen molar-refractivity contribution in [1.82, 2.24) is 4.98 Å². The van der Waals surface area contributed by atoms with Crippen LogP contribution in [0.4, 0.5) is 9.52 Å². The number of hydrogen-bond donors (Lipinski definition) is 1. The highest BCUT2D eigenvalue weighted by molar-refractivity contribution is 7.14. The highest BCUT2D eigenvalue weighted by Crippen LogP contribution is 2.24. The van der Waals surface area contributed by atoms with E-state index in [2.05, 4.69) is 10.3 Å². The second-order valence-corrected chi connectivity index (χ2v) is 5.25. The van der Waals surface area contributed by atoms with Crippen molar-refractivity contribution in [3.8, 4) is 11.3 Å². The van der Waals surface area contributed by atoms with Crippen LogP contribution < -0.4 is 5.32 Å². The van der Waals surface area contributed by atoms with Gasteiger partial charge in [0, 0.05) is 17.5 Å². The molecule has 0 bridgehead atoms. The van der Waals surface area contributed by atoms with Crippen LogP contribution in [0.2, 0.25) is 0 Å². The van der Waals surface area contributed by atoms with Gasteiger partial charge in [0.15, 0.2) is 5.13 Å². The SMILES string of the molecule is Fc1cccc(CNc2nc(-c3ccccc3)cs2)c1. The molecule has 0 atom stereocenters. The summed E-state index contributed by atoms with van der Waals surface area (Å²) in [6, 6.07) is 16.6. The number of nitrogens with zero attached hydrogens (tertiary/aromatic N) is 1. The van der Waals surface area contributed by atoms with Crippen LogP contribution in [0.15, 0.2) is 60.0 Å². The third-order valence-corrected chi connectivity index (χ3v) is 3.71. The van der Waals surface area contributed by atoms with Gasteiger partial charge in [0.05, 0.1) is 5.69 Å². The average Bonchev–Trinajstić information content (AvgIpc) is 2.95. The van der Waals surface area contributed by atoms with E-state index < -0.39 is 0 Å². The number of nitrogens with one attached hydrogen (secondary N) is 1. The second kappa shape index (κ2) is 5.84. The molecule has 0 saturated carbocycles. The molecule has 2 nitrogen and oxygen atoms in total. The van der Waals surface area contributed by atoms with E-state index in [1.54, 1.807) is 17.4 Å². The molecule has 0 unspecified atom stereocenters. The molecule has 0 fully saturated rings. The molecule has 0 saturated heterocycles. The van der Waals surface area contributed by atoms with Gasteiger partial charge in [-0.1, -0.05) is 42.5 Å². The lowest BCUT2D eigenvalue weighted by Gasteiger charge is -2.02. The number of hydrogen-bond acceptors (Lipinski definition) is 3. The molecule has 0 aliphatic carbocycles. The Hall–Kier alpha value is -2.20. The molecule has 0 spiro atoms. The third kappa shape index (κ3) is 3.03. The zero-order valence-corrected chi connectivity index (χ0v) is 11.5. The van der Waals surface area contributed by atoms with Gasteiger partial charge in [0.25, 0.3) is 0 Å². The first-order chi connectivity index (χ1) is 9.81. The Bertz CT molecular complexity index is 694. The van der Waals surface area contributed by atoms with Crippen molar-refractivity contribution < 1.29 is 4.39 Å². The van der Waals surface area contributed by atoms with E-state index >= 15 is 0 Å². The van der Waals surface area contributed by atoms with Crippen LogP contribution in [0, 0.1) is 5.82 Å². The standard InChI is InChI=1S/C16H13FN2S/c17-14-8-4-5-12(9-14)10-18-16-19-15(11-20-16)13-6-2-1-3-7-13/h1-9,11H,10H2,(H,18,19). The van der Waals surface area contributed by atoms with Crippen LogP contribution in [0.1, 0.15) is 5.56 Å². The maximum atomic E-state index is 13.1. The fourth-order valence-electron chi connectivity index (χ4n) is 1.92. The van der Waals surface area contributed by atoms with Gasteiger partial charge in [-0.15, -0.1) is 11.3 Å². The summed E-state index contributed by atoms with van der Waals surface area (Å²) in [4.78, 5) is 4.53. The lowest BCUT2D eigenvalue weighted by Crippen LogP contribution is -1.99. The fraction of sp³-hybridized carbons (Fsp3) is 0.0625. The predicted octanol–water partition coefficient (Wildman–Crippen LogP) is 4.56. The van der Waals surface area contributed by atoms with E-state index in [1.807, 2.05) is 41.8 Å². The Morgan fingerprint density at radius 2 is 1.90 bits per heavy atom. The molecule has 100 valence electrons. The molecule has 0 radical (unpaired) electrons. The molecule has 0 aliphatic rings. The quantitative estimate of drug-likeness (QED) is 0.759. The molecule has 4 heteroatoms. The van der Waals surface area contributed by atoms with Gasteiger partial charge in [-0.3, -0.25) is 0 Å². The molecule has 0 aliphatic heterocycles. The van der Waals surface area contributed by atoms with Crippen LogP contribution in [0.5, 0.6) is 0 Å². The van der Waals surface area contributed by atoms with Gasteiger partial charge < -0.3 is 5.32 Å². The molecule has 0 amide bonds. The van der Waals surface area contributed by atoms with Crippen LogP contribution in [-0.2, 0) is 6.54 Å². The summed E-state index contributed by atoms with van der Waals surface area (Å²) in [7, 11) is 0. The monoisotopic (exact) mass is 284 g/mol. The number of thiazole rings is 1. The van der Waals surface area contributed by atoms with Crippen molar-refractivity contribution >= 4 is 16.5 Å². The third-order valence-electron chi connectivity index (χ3n) is 2.91. The largest absolute Gasteiger partial charge is 0.357 e. The number of anilines is 1. The van der Waals surface area contributed by atoms with E-state index in [1.165, 1.54) is 12.1 Å². The Balaban J connectivity index is 1.69. The molecule has 1 aromatic heterocycles. The zero-order valence-electron chi connectivity index (χ0n) is 10.7. The summed E-state index contributed by atoms with van der Waals surface area (Å²) in [5.74, 6) is -0.214. The van der Waals surface area contributed by atoms with E-state index in [4.69, 9.17) is 0 Å². The normalized spacial score (nSPS) is 10.4. The van der Waals surface area contributed by atoms with Crippen molar-refractivity contribution in [2.24, 2.45) is 0 Å². The summed E-state index contributed by atoms with van der Waals surface area (Å²) in [5, 5.41) is 6.08. The summed E-state index contributed by atoms with van der Waals surface area (Å²) in [6.07, 6.45) is 0. The number of benzene rings is 2. The van der Waals surface area contributed by atoms with Crippen molar-refractivity contribution in [2.75, 3.05) is 5.32 Å². The highest BCUT2D eigenvalue weighted by atomic mass is 32.1. The lowest BCUT2D eigenvalue weighted by atomic mass is 10.2. The van der Waals surface area contributed by atoms with Gasteiger partial charge in [0.1, 0.15) is 5.82 Å². The van der Waals surface area contributed by atoms with Crippen LogP contribution in [0.3, 0.4) is 0 Å². The lowest BCUT2D eigenvalue weighted by molar-refractivity contribution is 0.626. The summed E-state index contributed by atoms with van der Waals surface area (Å²) < 4.78 is 13.1. The van der Waals surface area contributed by atoms with Crippen molar-refractivity contribution in [3.63, 3.8) is 0 Å². The van der Waals surface area contributed by atoms with Gasteiger partial charge in [0.2, 0.25) is 0 Å². The van der Waals surface area contributed by atoms with Crippen molar-refractivity contribution in [2.45, 2.75) is 6.54 Å². The van der Waals surface area contributed by atoms with Gasteiger partial charge in [-0.2, -0.15) is 0 Å².